The molecule has 1 heterocycles. The molecule has 2 aromatic rings. The largest absolute Gasteiger partial charge is 0.462 e. The van der Waals surface area contributed by atoms with Crippen molar-refractivity contribution in [3.05, 3.63) is 71.8 Å². The summed E-state index contributed by atoms with van der Waals surface area (Å²) in [4.78, 5) is 26.6. The zero-order valence-corrected chi connectivity index (χ0v) is 16.9. The third kappa shape index (κ3) is 5.47. The van der Waals surface area contributed by atoms with E-state index >= 15 is 0 Å². The highest BCUT2D eigenvalue weighted by molar-refractivity contribution is 5.91. The van der Waals surface area contributed by atoms with Crippen LogP contribution in [0.15, 0.2) is 55.1 Å². The highest BCUT2D eigenvalue weighted by Gasteiger charge is 2.16. The lowest BCUT2D eigenvalue weighted by atomic mass is 10.0. The van der Waals surface area contributed by atoms with Crippen LogP contribution in [0.25, 0.3) is 5.70 Å². The molecule has 3 rings (SSSR count). The Kier molecular flexibility index (Phi) is 7.06. The molecule has 5 heteroatoms. The highest BCUT2D eigenvalue weighted by atomic mass is 16.5. The summed E-state index contributed by atoms with van der Waals surface area (Å²) in [6, 6.07) is 15.0. The Labute approximate surface area is 172 Å². The number of nitrogens with one attached hydrogen (secondary N) is 1. The summed E-state index contributed by atoms with van der Waals surface area (Å²) >= 11 is 0. The number of benzene rings is 2. The Bertz CT molecular complexity index is 868. The number of carbonyl (C=O) groups is 2. The van der Waals surface area contributed by atoms with Gasteiger partial charge in [-0.05, 0) is 49.9 Å². The fourth-order valence-corrected chi connectivity index (χ4v) is 3.58. The van der Waals surface area contributed by atoms with Gasteiger partial charge in [-0.3, -0.25) is 4.79 Å². The fourth-order valence-electron chi connectivity index (χ4n) is 3.58. The normalized spacial score (nSPS) is 13.6. The first kappa shape index (κ1) is 20.6. The van der Waals surface area contributed by atoms with Crippen molar-refractivity contribution in [3.8, 4) is 0 Å². The Morgan fingerprint density at radius 2 is 1.72 bits per heavy atom. The number of hydrogen-bond donors (Lipinski definition) is 1. The van der Waals surface area contributed by atoms with E-state index in [9.17, 15) is 9.59 Å². The molecule has 1 saturated heterocycles. The maximum Gasteiger partial charge on any atom is 0.338 e. The average Bonchev–Trinajstić information content (AvgIpc) is 2.75. The van der Waals surface area contributed by atoms with Crippen LogP contribution < -0.4 is 10.2 Å². The molecule has 0 bridgehead atoms. The minimum atomic E-state index is -0.355. The van der Waals surface area contributed by atoms with Gasteiger partial charge in [0.05, 0.1) is 18.6 Å². The monoisotopic (exact) mass is 392 g/mol. The Morgan fingerprint density at radius 3 is 2.41 bits per heavy atom. The second-order valence-corrected chi connectivity index (χ2v) is 7.19. The molecule has 0 spiro atoms. The molecular formula is C24H28N2O3. The molecule has 1 aliphatic heterocycles. The van der Waals surface area contributed by atoms with Crippen molar-refractivity contribution in [1.82, 2.24) is 5.32 Å². The number of amides is 1. The van der Waals surface area contributed by atoms with Crippen LogP contribution in [0.3, 0.4) is 0 Å². The standard InChI is InChI=1S/C24H28N2O3/c1-3-29-24(28)20-13-11-19(12-14-20)17-23(27)25-18(2)21-9-5-6-10-22(21)26-15-7-4-8-16-26/h5-6,9-14H,2-4,7-8,15-17H2,1H3,(H,25,27). The van der Waals surface area contributed by atoms with E-state index in [0.717, 1.165) is 29.9 Å². The van der Waals surface area contributed by atoms with Crippen molar-refractivity contribution >= 4 is 23.3 Å². The van der Waals surface area contributed by atoms with Crippen molar-refractivity contribution in [2.24, 2.45) is 0 Å². The molecule has 0 aromatic heterocycles. The molecule has 1 N–H and O–H groups in total. The highest BCUT2D eigenvalue weighted by Crippen LogP contribution is 2.27. The maximum absolute atomic E-state index is 12.5. The first-order chi connectivity index (χ1) is 14.1. The predicted octanol–water partition coefficient (Wildman–Crippen LogP) is 4.18. The summed E-state index contributed by atoms with van der Waals surface area (Å²) in [6.07, 6.45) is 3.86. The van der Waals surface area contributed by atoms with Gasteiger partial charge < -0.3 is 15.0 Å². The first-order valence-corrected chi connectivity index (χ1v) is 10.2. The summed E-state index contributed by atoms with van der Waals surface area (Å²) in [5.74, 6) is -0.487. The molecule has 152 valence electrons. The number of anilines is 1. The van der Waals surface area contributed by atoms with E-state index in [1.54, 1.807) is 31.2 Å². The number of hydrogen-bond acceptors (Lipinski definition) is 4. The van der Waals surface area contributed by atoms with E-state index in [2.05, 4.69) is 22.9 Å². The van der Waals surface area contributed by atoms with Crippen molar-refractivity contribution in [2.75, 3.05) is 24.6 Å². The quantitative estimate of drug-likeness (QED) is 0.718. The molecule has 0 atom stereocenters. The van der Waals surface area contributed by atoms with Crippen LogP contribution in [0, 0.1) is 0 Å². The second kappa shape index (κ2) is 9.92. The van der Waals surface area contributed by atoms with Crippen LogP contribution in [-0.2, 0) is 16.0 Å². The molecular weight excluding hydrogens is 364 g/mol. The summed E-state index contributed by atoms with van der Waals surface area (Å²) in [5.41, 5.74) is 4.00. The molecule has 29 heavy (non-hydrogen) atoms. The van der Waals surface area contributed by atoms with Crippen LogP contribution >= 0.6 is 0 Å². The van der Waals surface area contributed by atoms with Gasteiger partial charge in [-0.1, -0.05) is 36.9 Å². The molecule has 1 amide bonds. The fraction of sp³-hybridized carbons (Fsp3) is 0.333. The molecule has 0 saturated carbocycles. The van der Waals surface area contributed by atoms with Crippen LogP contribution in [0.4, 0.5) is 5.69 Å². The Morgan fingerprint density at radius 1 is 1.03 bits per heavy atom. The summed E-state index contributed by atoms with van der Waals surface area (Å²) in [6.45, 7) is 8.27. The van der Waals surface area contributed by atoms with Gasteiger partial charge in [0.2, 0.25) is 5.91 Å². The van der Waals surface area contributed by atoms with E-state index in [1.165, 1.54) is 19.3 Å². The number of para-hydroxylation sites is 1. The third-order valence-corrected chi connectivity index (χ3v) is 5.05. The number of esters is 1. The topological polar surface area (TPSA) is 58.6 Å². The zero-order valence-electron chi connectivity index (χ0n) is 16.9. The number of rotatable bonds is 7. The molecule has 0 aliphatic carbocycles. The lowest BCUT2D eigenvalue weighted by Gasteiger charge is -2.31. The van der Waals surface area contributed by atoms with Gasteiger partial charge in [-0.2, -0.15) is 0 Å². The van der Waals surface area contributed by atoms with E-state index in [-0.39, 0.29) is 18.3 Å². The smallest absolute Gasteiger partial charge is 0.338 e. The van der Waals surface area contributed by atoms with Crippen molar-refractivity contribution in [1.29, 1.82) is 0 Å². The van der Waals surface area contributed by atoms with Crippen LogP contribution in [-0.4, -0.2) is 31.6 Å². The van der Waals surface area contributed by atoms with Gasteiger partial charge in [0.15, 0.2) is 0 Å². The van der Waals surface area contributed by atoms with Crippen molar-refractivity contribution in [3.63, 3.8) is 0 Å². The van der Waals surface area contributed by atoms with Crippen LogP contribution in [0.1, 0.15) is 47.7 Å². The minimum Gasteiger partial charge on any atom is -0.462 e. The van der Waals surface area contributed by atoms with E-state index < -0.39 is 0 Å². The number of ether oxygens (including phenoxy) is 1. The lowest BCUT2D eigenvalue weighted by molar-refractivity contribution is -0.119. The van der Waals surface area contributed by atoms with Gasteiger partial charge in [0, 0.05) is 30.0 Å². The minimum absolute atomic E-state index is 0.132. The Hall–Kier alpha value is -3.08. The SMILES string of the molecule is C=C(NC(=O)Cc1ccc(C(=O)OCC)cc1)c1ccccc1N1CCCCC1. The average molecular weight is 392 g/mol. The number of piperidine rings is 1. The van der Waals surface area contributed by atoms with Crippen molar-refractivity contribution < 1.29 is 14.3 Å². The second-order valence-electron chi connectivity index (χ2n) is 7.19. The number of nitrogens with zero attached hydrogens (tertiary/aromatic N) is 1. The van der Waals surface area contributed by atoms with Gasteiger partial charge in [-0.25, -0.2) is 4.79 Å². The van der Waals surface area contributed by atoms with Gasteiger partial charge in [0.25, 0.3) is 0 Å². The molecule has 1 aliphatic rings. The first-order valence-electron chi connectivity index (χ1n) is 10.2. The van der Waals surface area contributed by atoms with Gasteiger partial charge in [0.1, 0.15) is 0 Å². The molecule has 5 nitrogen and oxygen atoms in total. The molecule has 1 fully saturated rings. The predicted molar refractivity (Wildman–Crippen MR) is 116 cm³/mol. The molecule has 0 unspecified atom stereocenters. The van der Waals surface area contributed by atoms with Crippen LogP contribution in [0.5, 0.6) is 0 Å². The van der Waals surface area contributed by atoms with Gasteiger partial charge >= 0.3 is 5.97 Å². The van der Waals surface area contributed by atoms with Crippen LogP contribution in [0.2, 0.25) is 0 Å². The third-order valence-electron chi connectivity index (χ3n) is 5.05. The van der Waals surface area contributed by atoms with E-state index in [4.69, 9.17) is 4.74 Å². The van der Waals surface area contributed by atoms with Crippen molar-refractivity contribution in [2.45, 2.75) is 32.6 Å². The molecule has 0 radical (unpaired) electrons. The Balaban J connectivity index is 1.62. The van der Waals surface area contributed by atoms with E-state index in [1.807, 2.05) is 18.2 Å². The summed E-state index contributed by atoms with van der Waals surface area (Å²) in [7, 11) is 0. The van der Waals surface area contributed by atoms with E-state index in [0.29, 0.717) is 17.9 Å². The summed E-state index contributed by atoms with van der Waals surface area (Å²) < 4.78 is 4.98. The molecule has 2 aromatic carbocycles. The number of carbonyl (C=O) groups excluding carboxylic acids is 2. The summed E-state index contributed by atoms with van der Waals surface area (Å²) in [5, 5.41) is 2.93. The lowest BCUT2D eigenvalue weighted by Crippen LogP contribution is -2.31. The zero-order chi connectivity index (χ0) is 20.6. The maximum atomic E-state index is 12.5. The van der Waals surface area contributed by atoms with Gasteiger partial charge in [-0.15, -0.1) is 0 Å².